The molecular weight excluding hydrogens is 220 g/mol. The molecule has 1 aliphatic carbocycles. The number of fused-ring (bicyclic) bond motifs is 1. The maximum absolute atomic E-state index is 10.1. The van der Waals surface area contributed by atoms with Crippen LogP contribution in [0.2, 0.25) is 4.34 Å². The zero-order valence-electron chi connectivity index (χ0n) is 7.52. The van der Waals surface area contributed by atoms with Gasteiger partial charge in [0.2, 0.25) is 0 Å². The summed E-state index contributed by atoms with van der Waals surface area (Å²) in [6.07, 6.45) is -0.382. The molecular formula is C10H11ClO2S. The van der Waals surface area contributed by atoms with Crippen LogP contribution >= 0.6 is 22.9 Å². The smallest absolute Gasteiger partial charge is 0.0986 e. The van der Waals surface area contributed by atoms with Crippen molar-refractivity contribution in [1.29, 1.82) is 0 Å². The maximum atomic E-state index is 10.1. The van der Waals surface area contributed by atoms with E-state index in [0.717, 1.165) is 23.1 Å². The van der Waals surface area contributed by atoms with E-state index in [0.29, 0.717) is 17.8 Å². The summed E-state index contributed by atoms with van der Waals surface area (Å²) < 4.78 is 6.02. The Morgan fingerprint density at radius 1 is 1.50 bits per heavy atom. The van der Waals surface area contributed by atoms with E-state index in [-0.39, 0.29) is 6.10 Å². The monoisotopic (exact) mass is 230 g/mol. The van der Waals surface area contributed by atoms with Gasteiger partial charge >= 0.3 is 0 Å². The molecule has 76 valence electrons. The highest BCUT2D eigenvalue weighted by Crippen LogP contribution is 2.57. The number of ether oxygens (including phenoxy) is 1. The summed E-state index contributed by atoms with van der Waals surface area (Å²) in [5, 5.41) is 12.0. The summed E-state index contributed by atoms with van der Waals surface area (Å²) in [6, 6.07) is 1.92. The summed E-state index contributed by atoms with van der Waals surface area (Å²) in [5.41, 5.74) is 0.899. The molecule has 1 saturated carbocycles. The van der Waals surface area contributed by atoms with Crippen molar-refractivity contribution in [2.45, 2.75) is 6.10 Å². The topological polar surface area (TPSA) is 29.5 Å². The SMILES string of the molecule is OC(c1ccsc1Cl)C1C2COCC21. The summed E-state index contributed by atoms with van der Waals surface area (Å²) in [4.78, 5) is 0. The van der Waals surface area contributed by atoms with Crippen molar-refractivity contribution in [3.63, 3.8) is 0 Å². The van der Waals surface area contributed by atoms with Crippen LogP contribution in [0.4, 0.5) is 0 Å². The minimum Gasteiger partial charge on any atom is -0.388 e. The van der Waals surface area contributed by atoms with Gasteiger partial charge in [0, 0.05) is 5.56 Å². The average Bonchev–Trinajstić information content (AvgIpc) is 2.57. The second-order valence-corrected chi connectivity index (χ2v) is 5.56. The first-order chi connectivity index (χ1) is 6.79. The lowest BCUT2D eigenvalue weighted by Gasteiger charge is -2.11. The molecule has 1 N–H and O–H groups in total. The Balaban J connectivity index is 1.78. The van der Waals surface area contributed by atoms with E-state index < -0.39 is 0 Å². The van der Waals surface area contributed by atoms with Gasteiger partial charge in [-0.25, -0.2) is 0 Å². The quantitative estimate of drug-likeness (QED) is 0.845. The largest absolute Gasteiger partial charge is 0.388 e. The molecule has 14 heavy (non-hydrogen) atoms. The second kappa shape index (κ2) is 3.20. The highest BCUT2D eigenvalue weighted by atomic mass is 35.5. The first kappa shape index (κ1) is 9.16. The van der Waals surface area contributed by atoms with Crippen LogP contribution in [-0.2, 0) is 4.74 Å². The highest BCUT2D eigenvalue weighted by Gasteiger charge is 2.57. The van der Waals surface area contributed by atoms with Crippen LogP contribution in [0, 0.1) is 17.8 Å². The summed E-state index contributed by atoms with van der Waals surface area (Å²) in [5.74, 6) is 1.53. The Labute approximate surface area is 91.5 Å². The number of aliphatic hydroxyl groups is 1. The Morgan fingerprint density at radius 2 is 2.21 bits per heavy atom. The van der Waals surface area contributed by atoms with Crippen LogP contribution < -0.4 is 0 Å². The van der Waals surface area contributed by atoms with Crippen molar-refractivity contribution < 1.29 is 9.84 Å². The van der Waals surface area contributed by atoms with Crippen LogP contribution in [0.25, 0.3) is 0 Å². The Hall–Kier alpha value is -0.0900. The number of thiophene rings is 1. The summed E-state index contributed by atoms with van der Waals surface area (Å²) in [7, 11) is 0. The Kier molecular flexibility index (Phi) is 2.10. The molecule has 0 bridgehead atoms. The van der Waals surface area contributed by atoms with Crippen LogP contribution in [0.1, 0.15) is 11.7 Å². The van der Waals surface area contributed by atoms with Gasteiger partial charge in [-0.05, 0) is 29.2 Å². The molecule has 4 heteroatoms. The molecule has 0 spiro atoms. The number of aliphatic hydroxyl groups excluding tert-OH is 1. The van der Waals surface area contributed by atoms with E-state index in [4.69, 9.17) is 16.3 Å². The molecule has 0 amide bonds. The minimum absolute atomic E-state index is 0.382. The van der Waals surface area contributed by atoms with E-state index in [9.17, 15) is 5.11 Å². The van der Waals surface area contributed by atoms with Gasteiger partial charge < -0.3 is 9.84 Å². The number of rotatable bonds is 2. The molecule has 3 atom stereocenters. The van der Waals surface area contributed by atoms with E-state index in [2.05, 4.69) is 0 Å². The lowest BCUT2D eigenvalue weighted by atomic mass is 10.1. The molecule has 2 nitrogen and oxygen atoms in total. The van der Waals surface area contributed by atoms with Crippen molar-refractivity contribution in [1.82, 2.24) is 0 Å². The van der Waals surface area contributed by atoms with Gasteiger partial charge in [-0.3, -0.25) is 0 Å². The van der Waals surface area contributed by atoms with Gasteiger partial charge in [-0.15, -0.1) is 11.3 Å². The van der Waals surface area contributed by atoms with Gasteiger partial charge in [0.25, 0.3) is 0 Å². The van der Waals surface area contributed by atoms with Crippen LogP contribution in [0.15, 0.2) is 11.4 Å². The molecule has 0 aromatic carbocycles. The van der Waals surface area contributed by atoms with Crippen LogP contribution in [-0.4, -0.2) is 18.3 Å². The number of halogens is 1. The summed E-state index contributed by atoms with van der Waals surface area (Å²) in [6.45, 7) is 1.63. The van der Waals surface area contributed by atoms with Crippen LogP contribution in [0.3, 0.4) is 0 Å². The van der Waals surface area contributed by atoms with E-state index in [1.54, 1.807) is 0 Å². The van der Waals surface area contributed by atoms with Gasteiger partial charge in [-0.1, -0.05) is 11.6 Å². The van der Waals surface area contributed by atoms with Crippen molar-refractivity contribution in [2.24, 2.45) is 17.8 Å². The minimum atomic E-state index is -0.382. The normalized spacial score (nSPS) is 36.9. The van der Waals surface area contributed by atoms with Gasteiger partial charge in [0.1, 0.15) is 0 Å². The molecule has 1 aromatic rings. The van der Waals surface area contributed by atoms with Crippen molar-refractivity contribution in [2.75, 3.05) is 13.2 Å². The highest BCUT2D eigenvalue weighted by molar-refractivity contribution is 7.14. The average molecular weight is 231 g/mol. The fourth-order valence-corrected chi connectivity index (χ4v) is 3.46. The fraction of sp³-hybridized carbons (Fsp3) is 0.600. The first-order valence-corrected chi connectivity index (χ1v) is 6.03. The van der Waals surface area contributed by atoms with Crippen LogP contribution in [0.5, 0.6) is 0 Å². The molecule has 1 saturated heterocycles. The van der Waals surface area contributed by atoms with Gasteiger partial charge in [0.05, 0.1) is 23.7 Å². The predicted molar refractivity (Wildman–Crippen MR) is 55.6 cm³/mol. The number of hydrogen-bond acceptors (Lipinski definition) is 3. The van der Waals surface area contributed by atoms with Gasteiger partial charge in [-0.2, -0.15) is 0 Å². The zero-order chi connectivity index (χ0) is 9.71. The lowest BCUT2D eigenvalue weighted by molar-refractivity contribution is 0.0889. The molecule has 2 aliphatic rings. The molecule has 1 aliphatic heterocycles. The number of hydrogen-bond donors (Lipinski definition) is 1. The van der Waals surface area contributed by atoms with E-state index >= 15 is 0 Å². The third-order valence-corrected chi connectivity index (χ3v) is 4.55. The Morgan fingerprint density at radius 3 is 2.79 bits per heavy atom. The molecule has 3 rings (SSSR count). The van der Waals surface area contributed by atoms with Crippen molar-refractivity contribution in [3.05, 3.63) is 21.3 Å². The molecule has 2 heterocycles. The molecule has 1 aromatic heterocycles. The summed E-state index contributed by atoms with van der Waals surface area (Å²) >= 11 is 7.47. The maximum Gasteiger partial charge on any atom is 0.0986 e. The first-order valence-electron chi connectivity index (χ1n) is 4.77. The zero-order valence-corrected chi connectivity index (χ0v) is 9.09. The standard InChI is InChI=1S/C10H11ClO2S/c11-10-5(1-2-14-10)9(12)8-6-3-13-4-7(6)8/h1-2,6-9,12H,3-4H2. The lowest BCUT2D eigenvalue weighted by Crippen LogP contribution is -2.07. The molecule has 2 fully saturated rings. The fourth-order valence-electron chi connectivity index (χ4n) is 2.48. The Bertz CT molecular complexity index is 342. The molecule has 3 unspecified atom stereocenters. The van der Waals surface area contributed by atoms with E-state index in [1.807, 2.05) is 11.4 Å². The third kappa shape index (κ3) is 1.23. The molecule has 0 radical (unpaired) electrons. The predicted octanol–water partition coefficient (Wildman–Crippen LogP) is 2.33. The van der Waals surface area contributed by atoms with E-state index in [1.165, 1.54) is 11.3 Å². The van der Waals surface area contributed by atoms with Gasteiger partial charge in [0.15, 0.2) is 0 Å². The third-order valence-electron chi connectivity index (χ3n) is 3.35. The van der Waals surface area contributed by atoms with Crippen molar-refractivity contribution >= 4 is 22.9 Å². The van der Waals surface area contributed by atoms with Crippen molar-refractivity contribution in [3.8, 4) is 0 Å². The second-order valence-electron chi connectivity index (χ2n) is 4.04.